The SMILES string of the molecule is O=C1O[C@H](c2ccccc2)[C@H](c2ccccc2)N2[C@H]1[C@@H](C(=O)O)[C@]1(C(=O)Nc3ccccc31)[C@H]2c1ccc(OCCO)cc1. The van der Waals surface area contributed by atoms with Crippen LogP contribution in [0.1, 0.15) is 40.4 Å². The Balaban J connectivity index is 1.52. The maximum Gasteiger partial charge on any atom is 0.325 e. The van der Waals surface area contributed by atoms with Crippen LogP contribution in [0.2, 0.25) is 0 Å². The van der Waals surface area contributed by atoms with Crippen LogP contribution in [-0.4, -0.2) is 52.2 Å². The molecule has 1 amide bonds. The molecule has 3 aliphatic rings. The number of nitrogens with zero attached hydrogens (tertiary/aromatic N) is 1. The molecule has 7 rings (SSSR count). The molecular formula is C35H30N2O7. The number of carbonyl (C=O) groups excluding carboxylic acids is 2. The van der Waals surface area contributed by atoms with Gasteiger partial charge in [-0.1, -0.05) is 91.0 Å². The fourth-order valence-corrected chi connectivity index (χ4v) is 7.44. The van der Waals surface area contributed by atoms with Crippen molar-refractivity contribution in [1.82, 2.24) is 4.90 Å². The Hall–Kier alpha value is -4.99. The molecule has 0 radical (unpaired) electrons. The van der Waals surface area contributed by atoms with E-state index in [2.05, 4.69) is 5.32 Å². The first-order valence-corrected chi connectivity index (χ1v) is 14.5. The molecule has 0 aromatic heterocycles. The van der Waals surface area contributed by atoms with Crippen LogP contribution >= 0.6 is 0 Å². The first-order valence-electron chi connectivity index (χ1n) is 14.5. The number of benzene rings is 4. The minimum atomic E-state index is -1.67. The smallest absolute Gasteiger partial charge is 0.325 e. The summed E-state index contributed by atoms with van der Waals surface area (Å²) in [6.45, 7) is -0.0413. The summed E-state index contributed by atoms with van der Waals surface area (Å²) in [5, 5.41) is 23.1. The van der Waals surface area contributed by atoms with Crippen LogP contribution in [0.15, 0.2) is 109 Å². The number of rotatable bonds is 7. The lowest BCUT2D eigenvalue weighted by molar-refractivity contribution is -0.179. The van der Waals surface area contributed by atoms with Gasteiger partial charge in [0.2, 0.25) is 5.91 Å². The highest BCUT2D eigenvalue weighted by Gasteiger charge is 2.74. The summed E-state index contributed by atoms with van der Waals surface area (Å²) in [5.41, 5.74) is 1.58. The number of aliphatic hydroxyl groups is 1. The number of cyclic esters (lactones) is 1. The van der Waals surface area contributed by atoms with Crippen molar-refractivity contribution in [3.8, 4) is 5.75 Å². The molecular weight excluding hydrogens is 560 g/mol. The van der Waals surface area contributed by atoms with Gasteiger partial charge in [-0.15, -0.1) is 0 Å². The highest BCUT2D eigenvalue weighted by molar-refractivity contribution is 6.11. The number of hydrogen-bond acceptors (Lipinski definition) is 7. The zero-order chi connectivity index (χ0) is 30.4. The lowest BCUT2D eigenvalue weighted by Crippen LogP contribution is -2.52. The quantitative estimate of drug-likeness (QED) is 0.270. The molecule has 3 heterocycles. The summed E-state index contributed by atoms with van der Waals surface area (Å²) in [5.74, 6) is -3.39. The van der Waals surface area contributed by atoms with Gasteiger partial charge in [0.15, 0.2) is 0 Å². The minimum absolute atomic E-state index is 0.110. The molecule has 4 aromatic rings. The number of carbonyl (C=O) groups is 3. The summed E-state index contributed by atoms with van der Waals surface area (Å²) in [6, 6.07) is 30.3. The van der Waals surface area contributed by atoms with Gasteiger partial charge in [0, 0.05) is 5.69 Å². The molecule has 4 aromatic carbocycles. The van der Waals surface area contributed by atoms with Gasteiger partial charge in [-0.3, -0.25) is 19.3 Å². The molecule has 6 atom stereocenters. The van der Waals surface area contributed by atoms with E-state index in [4.69, 9.17) is 9.47 Å². The van der Waals surface area contributed by atoms with E-state index >= 15 is 0 Å². The Morgan fingerprint density at radius 2 is 1.45 bits per heavy atom. The van der Waals surface area contributed by atoms with E-state index in [0.717, 1.165) is 11.1 Å². The molecule has 0 aliphatic carbocycles. The summed E-state index contributed by atoms with van der Waals surface area (Å²) in [4.78, 5) is 43.9. The second-order valence-corrected chi connectivity index (χ2v) is 11.2. The van der Waals surface area contributed by atoms with Gasteiger partial charge in [0.25, 0.3) is 0 Å². The number of hydrogen-bond donors (Lipinski definition) is 3. The van der Waals surface area contributed by atoms with Crippen molar-refractivity contribution in [2.45, 2.75) is 29.6 Å². The van der Waals surface area contributed by atoms with Crippen LogP contribution in [0, 0.1) is 5.92 Å². The summed E-state index contributed by atoms with van der Waals surface area (Å²) in [6.07, 6.45) is -0.777. The fourth-order valence-electron chi connectivity index (χ4n) is 7.44. The molecule has 0 saturated carbocycles. The Morgan fingerprint density at radius 3 is 2.11 bits per heavy atom. The topological polar surface area (TPSA) is 125 Å². The van der Waals surface area contributed by atoms with Crippen LogP contribution in [0.5, 0.6) is 5.75 Å². The Bertz CT molecular complexity index is 1710. The van der Waals surface area contributed by atoms with Gasteiger partial charge in [-0.05, 0) is 40.5 Å². The molecule has 9 nitrogen and oxygen atoms in total. The van der Waals surface area contributed by atoms with E-state index in [1.54, 1.807) is 48.5 Å². The number of para-hydroxylation sites is 1. The van der Waals surface area contributed by atoms with Gasteiger partial charge in [-0.25, -0.2) is 0 Å². The number of nitrogens with one attached hydrogen (secondary N) is 1. The van der Waals surface area contributed by atoms with Crippen molar-refractivity contribution in [3.63, 3.8) is 0 Å². The van der Waals surface area contributed by atoms with Crippen molar-refractivity contribution in [2.75, 3.05) is 18.5 Å². The highest BCUT2D eigenvalue weighted by Crippen LogP contribution is 2.64. The van der Waals surface area contributed by atoms with Crippen LogP contribution in [0.4, 0.5) is 5.69 Å². The second kappa shape index (κ2) is 10.9. The maximum absolute atomic E-state index is 14.4. The van der Waals surface area contributed by atoms with E-state index in [9.17, 15) is 24.6 Å². The molecule has 0 unspecified atom stereocenters. The van der Waals surface area contributed by atoms with E-state index in [0.29, 0.717) is 22.6 Å². The van der Waals surface area contributed by atoms with Gasteiger partial charge in [-0.2, -0.15) is 0 Å². The number of amides is 1. The number of morpholine rings is 1. The average Bonchev–Trinajstić information content (AvgIpc) is 3.53. The zero-order valence-corrected chi connectivity index (χ0v) is 23.6. The van der Waals surface area contributed by atoms with Gasteiger partial charge >= 0.3 is 11.9 Å². The third kappa shape index (κ3) is 4.11. The molecule has 1 spiro atoms. The van der Waals surface area contributed by atoms with E-state index < -0.39 is 53.4 Å². The van der Waals surface area contributed by atoms with Crippen molar-refractivity contribution < 1.29 is 34.1 Å². The number of esters is 1. The zero-order valence-electron chi connectivity index (χ0n) is 23.6. The summed E-state index contributed by atoms with van der Waals surface area (Å²) >= 11 is 0. The number of aliphatic hydroxyl groups excluding tert-OH is 1. The first-order chi connectivity index (χ1) is 21.5. The number of fused-ring (bicyclic) bond motifs is 3. The Morgan fingerprint density at radius 1 is 0.818 bits per heavy atom. The largest absolute Gasteiger partial charge is 0.491 e. The number of carboxylic acids is 1. The van der Waals surface area contributed by atoms with Crippen LogP contribution in [0.25, 0.3) is 0 Å². The van der Waals surface area contributed by atoms with Crippen molar-refractivity contribution >= 4 is 23.5 Å². The maximum atomic E-state index is 14.4. The molecule has 3 aliphatic heterocycles. The van der Waals surface area contributed by atoms with Crippen molar-refractivity contribution in [1.29, 1.82) is 0 Å². The average molecular weight is 591 g/mol. The van der Waals surface area contributed by atoms with E-state index in [1.165, 1.54) is 0 Å². The van der Waals surface area contributed by atoms with Crippen LogP contribution in [0.3, 0.4) is 0 Å². The van der Waals surface area contributed by atoms with Gasteiger partial charge in [0.05, 0.1) is 18.7 Å². The third-order valence-corrected chi connectivity index (χ3v) is 9.04. The fraction of sp³-hybridized carbons (Fsp3) is 0.229. The second-order valence-electron chi connectivity index (χ2n) is 11.2. The molecule has 0 bridgehead atoms. The number of aliphatic carboxylic acids is 1. The van der Waals surface area contributed by atoms with Crippen molar-refractivity contribution in [3.05, 3.63) is 131 Å². The normalized spacial score (nSPS) is 27.3. The number of ether oxygens (including phenoxy) is 2. The standard InChI is InChI=1S/C35H30N2O7/c38-19-20-43-24-17-15-23(16-18-24)31-35(25-13-7-8-14-26(25)36-34(35)42)27(32(39)40)29-33(41)44-30(22-11-5-2-6-12-22)28(37(29)31)21-9-3-1-4-10-21/h1-18,27-31,38H,19-20H2,(H,36,42)(H,39,40)/t27-,28-,29-,30+,31+,35-/m0/s1. The molecule has 44 heavy (non-hydrogen) atoms. The number of carboxylic acid groups (broad SMARTS) is 1. The van der Waals surface area contributed by atoms with Crippen LogP contribution in [-0.2, 0) is 24.5 Å². The minimum Gasteiger partial charge on any atom is -0.491 e. The highest BCUT2D eigenvalue weighted by atomic mass is 16.6. The predicted molar refractivity (Wildman–Crippen MR) is 160 cm³/mol. The van der Waals surface area contributed by atoms with Crippen LogP contribution < -0.4 is 10.1 Å². The van der Waals surface area contributed by atoms with Gasteiger partial charge < -0.3 is 25.0 Å². The first kappa shape index (κ1) is 27.8. The number of anilines is 1. The Labute approximate surface area is 253 Å². The lowest BCUT2D eigenvalue weighted by Gasteiger charge is -2.46. The molecule has 2 saturated heterocycles. The summed E-state index contributed by atoms with van der Waals surface area (Å²) in [7, 11) is 0. The molecule has 3 N–H and O–H groups in total. The van der Waals surface area contributed by atoms with Crippen molar-refractivity contribution in [2.24, 2.45) is 5.92 Å². The monoisotopic (exact) mass is 590 g/mol. The summed E-state index contributed by atoms with van der Waals surface area (Å²) < 4.78 is 11.8. The molecule has 222 valence electrons. The Kier molecular flexibility index (Phi) is 6.91. The lowest BCUT2D eigenvalue weighted by atomic mass is 9.65. The van der Waals surface area contributed by atoms with Gasteiger partial charge in [0.1, 0.15) is 35.8 Å². The predicted octanol–water partition coefficient (Wildman–Crippen LogP) is 4.41. The third-order valence-electron chi connectivity index (χ3n) is 9.04. The van der Waals surface area contributed by atoms with E-state index in [-0.39, 0.29) is 13.2 Å². The molecule has 9 heteroatoms. The van der Waals surface area contributed by atoms with E-state index in [1.807, 2.05) is 65.6 Å². The molecule has 2 fully saturated rings.